The largest absolute Gasteiger partial charge is 0.441 e. The summed E-state index contributed by atoms with van der Waals surface area (Å²) in [5.41, 5.74) is 11.6. The lowest BCUT2D eigenvalue weighted by atomic mass is 10.5. The van der Waals surface area contributed by atoms with Crippen molar-refractivity contribution in [3.8, 4) is 5.88 Å². The number of aromatic nitrogens is 2. The molecule has 0 aromatic carbocycles. The van der Waals surface area contributed by atoms with Gasteiger partial charge >= 0.3 is 0 Å². The molecule has 0 spiro atoms. The second-order valence-electron chi connectivity index (χ2n) is 2.80. The average Bonchev–Trinajstić information content (AvgIpc) is 2.75. The topological polar surface area (TPSA) is 103 Å². The highest BCUT2D eigenvalue weighted by molar-refractivity contribution is 5.59. The Morgan fingerprint density at radius 1 is 1.43 bits per heavy atom. The molecule has 0 aliphatic carbocycles. The molecule has 14 heavy (non-hydrogen) atoms. The maximum Gasteiger partial charge on any atom is 0.222 e. The third-order valence-electron chi connectivity index (χ3n) is 1.85. The van der Waals surface area contributed by atoms with Crippen LogP contribution in [0.5, 0.6) is 0 Å². The molecule has 0 fully saturated rings. The van der Waals surface area contributed by atoms with Gasteiger partial charge in [-0.3, -0.25) is 0 Å². The maximum atomic E-state index is 8.79. The van der Waals surface area contributed by atoms with Crippen LogP contribution in [-0.4, -0.2) is 14.9 Å². The standard InChI is InChI=1S/C8H10N4O2/c9-6-3-11-12(8(6)10)7-2-1-5(4-13)14-7/h1-3,13H,4,9-10H2. The SMILES string of the molecule is Nc1cnn(-c2ccc(CO)o2)c1N. The molecular formula is C8H10N4O2. The molecule has 0 bridgehead atoms. The molecular weight excluding hydrogens is 184 g/mol. The Morgan fingerprint density at radius 3 is 2.71 bits per heavy atom. The molecule has 74 valence electrons. The third kappa shape index (κ3) is 1.21. The van der Waals surface area contributed by atoms with Crippen LogP contribution in [0.25, 0.3) is 5.88 Å². The molecule has 0 radical (unpaired) electrons. The number of aliphatic hydroxyl groups is 1. The molecule has 2 rings (SSSR count). The first-order valence-electron chi connectivity index (χ1n) is 4.01. The summed E-state index contributed by atoms with van der Waals surface area (Å²) in [6.45, 7) is -0.156. The van der Waals surface area contributed by atoms with Gasteiger partial charge in [0, 0.05) is 6.07 Å². The second kappa shape index (κ2) is 3.08. The molecule has 5 N–H and O–H groups in total. The van der Waals surface area contributed by atoms with E-state index in [1.807, 2.05) is 0 Å². The van der Waals surface area contributed by atoms with Gasteiger partial charge in [-0.25, -0.2) is 0 Å². The van der Waals surface area contributed by atoms with Crippen LogP contribution in [0.3, 0.4) is 0 Å². The summed E-state index contributed by atoms with van der Waals surface area (Å²) in [5, 5.41) is 12.7. The fraction of sp³-hybridized carbons (Fsp3) is 0.125. The van der Waals surface area contributed by atoms with Crippen LogP contribution < -0.4 is 11.5 Å². The molecule has 0 saturated carbocycles. The molecule has 0 atom stereocenters. The minimum Gasteiger partial charge on any atom is -0.441 e. The number of anilines is 2. The number of furan rings is 1. The molecule has 2 aromatic heterocycles. The zero-order chi connectivity index (χ0) is 10.1. The highest BCUT2D eigenvalue weighted by Gasteiger charge is 2.09. The fourth-order valence-electron chi connectivity index (χ4n) is 1.11. The van der Waals surface area contributed by atoms with Crippen molar-refractivity contribution < 1.29 is 9.52 Å². The van der Waals surface area contributed by atoms with E-state index in [2.05, 4.69) is 5.10 Å². The van der Waals surface area contributed by atoms with E-state index in [0.29, 0.717) is 23.1 Å². The Morgan fingerprint density at radius 2 is 2.21 bits per heavy atom. The Hall–Kier alpha value is -1.95. The molecule has 2 aromatic rings. The van der Waals surface area contributed by atoms with Gasteiger partial charge in [-0.2, -0.15) is 9.78 Å². The van der Waals surface area contributed by atoms with Crippen LogP contribution in [-0.2, 0) is 6.61 Å². The van der Waals surface area contributed by atoms with E-state index >= 15 is 0 Å². The predicted molar refractivity (Wildman–Crippen MR) is 50.6 cm³/mol. The van der Waals surface area contributed by atoms with Crippen LogP contribution in [0.1, 0.15) is 5.76 Å². The Bertz CT molecular complexity index is 446. The van der Waals surface area contributed by atoms with E-state index in [4.69, 9.17) is 21.0 Å². The Balaban J connectivity index is 2.44. The van der Waals surface area contributed by atoms with Gasteiger partial charge in [0.25, 0.3) is 0 Å². The first-order valence-corrected chi connectivity index (χ1v) is 4.01. The monoisotopic (exact) mass is 194 g/mol. The molecule has 0 amide bonds. The third-order valence-corrected chi connectivity index (χ3v) is 1.85. The van der Waals surface area contributed by atoms with Gasteiger partial charge in [-0.05, 0) is 6.07 Å². The average molecular weight is 194 g/mol. The van der Waals surface area contributed by atoms with Gasteiger partial charge in [0.15, 0.2) is 5.82 Å². The highest BCUT2D eigenvalue weighted by atomic mass is 16.4. The molecule has 6 heteroatoms. The highest BCUT2D eigenvalue weighted by Crippen LogP contribution is 2.20. The van der Waals surface area contributed by atoms with Gasteiger partial charge < -0.3 is 21.0 Å². The van der Waals surface area contributed by atoms with E-state index in [1.165, 1.54) is 10.9 Å². The van der Waals surface area contributed by atoms with Gasteiger partial charge in [-0.15, -0.1) is 0 Å². The maximum absolute atomic E-state index is 8.79. The van der Waals surface area contributed by atoms with Crippen molar-refractivity contribution in [3.05, 3.63) is 24.1 Å². The zero-order valence-corrected chi connectivity index (χ0v) is 7.34. The normalized spacial score (nSPS) is 10.6. The zero-order valence-electron chi connectivity index (χ0n) is 7.34. The van der Waals surface area contributed by atoms with Crippen molar-refractivity contribution in [3.63, 3.8) is 0 Å². The van der Waals surface area contributed by atoms with E-state index < -0.39 is 0 Å². The fourth-order valence-corrected chi connectivity index (χ4v) is 1.11. The van der Waals surface area contributed by atoms with Crippen LogP contribution in [0.2, 0.25) is 0 Å². The lowest BCUT2D eigenvalue weighted by Crippen LogP contribution is -2.01. The molecule has 6 nitrogen and oxygen atoms in total. The summed E-state index contributed by atoms with van der Waals surface area (Å²) in [6, 6.07) is 3.31. The number of nitrogens with zero attached hydrogens (tertiary/aromatic N) is 2. The summed E-state index contributed by atoms with van der Waals surface area (Å²) in [6.07, 6.45) is 1.44. The number of nitrogen functional groups attached to an aromatic ring is 2. The van der Waals surface area contributed by atoms with Gasteiger partial charge in [0.05, 0.1) is 11.9 Å². The van der Waals surface area contributed by atoms with Gasteiger partial charge in [-0.1, -0.05) is 0 Å². The van der Waals surface area contributed by atoms with Gasteiger partial charge in [0.1, 0.15) is 12.4 Å². The lowest BCUT2D eigenvalue weighted by molar-refractivity contribution is 0.246. The summed E-state index contributed by atoms with van der Waals surface area (Å²) < 4.78 is 6.60. The number of hydrogen-bond donors (Lipinski definition) is 3. The van der Waals surface area contributed by atoms with Crippen molar-refractivity contribution in [1.82, 2.24) is 9.78 Å². The number of aliphatic hydroxyl groups excluding tert-OH is 1. The Labute approximate surface area is 79.7 Å². The molecule has 0 aliphatic rings. The quantitative estimate of drug-likeness (QED) is 0.630. The first-order chi connectivity index (χ1) is 6.72. The number of hydrogen-bond acceptors (Lipinski definition) is 5. The lowest BCUT2D eigenvalue weighted by Gasteiger charge is -1.98. The van der Waals surface area contributed by atoms with Crippen molar-refractivity contribution in [1.29, 1.82) is 0 Å². The van der Waals surface area contributed by atoms with Crippen molar-refractivity contribution in [2.24, 2.45) is 0 Å². The number of nitrogens with two attached hydrogens (primary N) is 2. The molecule has 0 unspecified atom stereocenters. The number of rotatable bonds is 2. The summed E-state index contributed by atoms with van der Waals surface area (Å²) in [4.78, 5) is 0. The van der Waals surface area contributed by atoms with Crippen LogP contribution in [0, 0.1) is 0 Å². The second-order valence-corrected chi connectivity index (χ2v) is 2.80. The van der Waals surface area contributed by atoms with Crippen LogP contribution >= 0.6 is 0 Å². The Kier molecular flexibility index (Phi) is 1.90. The van der Waals surface area contributed by atoms with Crippen molar-refractivity contribution in [2.45, 2.75) is 6.61 Å². The van der Waals surface area contributed by atoms with Gasteiger partial charge in [0.2, 0.25) is 5.88 Å². The summed E-state index contributed by atoms with van der Waals surface area (Å²) in [5.74, 6) is 1.21. The van der Waals surface area contributed by atoms with E-state index in [-0.39, 0.29) is 6.61 Å². The summed E-state index contributed by atoms with van der Waals surface area (Å²) >= 11 is 0. The van der Waals surface area contributed by atoms with Crippen molar-refractivity contribution >= 4 is 11.5 Å². The molecule has 0 saturated heterocycles. The van der Waals surface area contributed by atoms with Crippen LogP contribution in [0.15, 0.2) is 22.7 Å². The first kappa shape index (κ1) is 8.64. The minimum atomic E-state index is -0.156. The predicted octanol–water partition coefficient (Wildman–Crippen LogP) is 0.122. The van der Waals surface area contributed by atoms with E-state index in [9.17, 15) is 0 Å². The van der Waals surface area contributed by atoms with Crippen molar-refractivity contribution in [2.75, 3.05) is 11.5 Å². The minimum absolute atomic E-state index is 0.156. The molecule has 0 aliphatic heterocycles. The summed E-state index contributed by atoms with van der Waals surface area (Å²) in [7, 11) is 0. The molecule has 2 heterocycles. The smallest absolute Gasteiger partial charge is 0.222 e. The van der Waals surface area contributed by atoms with Crippen LogP contribution in [0.4, 0.5) is 11.5 Å². The van der Waals surface area contributed by atoms with E-state index in [1.54, 1.807) is 12.1 Å². The van der Waals surface area contributed by atoms with E-state index in [0.717, 1.165) is 0 Å².